The van der Waals surface area contributed by atoms with Crippen LogP contribution in [0, 0.1) is 6.92 Å². The molecular formula is C33H32N4O6. The minimum atomic E-state index is -0.597. The number of benzene rings is 3. The number of pyridine rings is 1. The Labute approximate surface area is 248 Å². The maximum atomic E-state index is 13.9. The van der Waals surface area contributed by atoms with Gasteiger partial charge in [0.15, 0.2) is 11.5 Å². The van der Waals surface area contributed by atoms with Gasteiger partial charge < -0.3 is 23.8 Å². The lowest BCUT2D eigenvalue weighted by Crippen LogP contribution is -2.36. The summed E-state index contributed by atoms with van der Waals surface area (Å²) in [6.45, 7) is 4.79. The van der Waals surface area contributed by atoms with Crippen molar-refractivity contribution in [1.82, 2.24) is 20.1 Å². The third kappa shape index (κ3) is 4.88. The van der Waals surface area contributed by atoms with E-state index in [1.807, 2.05) is 56.3 Å². The van der Waals surface area contributed by atoms with Crippen LogP contribution in [0.2, 0.25) is 0 Å². The number of carbonyl (C=O) groups is 1. The summed E-state index contributed by atoms with van der Waals surface area (Å²) in [5.41, 5.74) is 4.23. The summed E-state index contributed by atoms with van der Waals surface area (Å²) in [7, 11) is 4.85. The highest BCUT2D eigenvalue weighted by Crippen LogP contribution is 2.41. The molecule has 10 nitrogen and oxygen atoms in total. The van der Waals surface area contributed by atoms with Crippen LogP contribution in [-0.2, 0) is 11.3 Å². The molecular weight excluding hydrogens is 548 g/mol. The first-order chi connectivity index (χ1) is 20.8. The first-order valence-electron chi connectivity index (χ1n) is 14.0. The lowest BCUT2D eigenvalue weighted by molar-refractivity contribution is -0.133. The summed E-state index contributed by atoms with van der Waals surface area (Å²) in [4.78, 5) is 32.9. The smallest absolute Gasteiger partial charge is 0.272 e. The standard InChI is InChI=1S/C33H32N4O6/c1-18-14-24(34-30-26(41-4)11-10-25(40-3)28(18)30)20-15-21-17-37(12-13-43-31(21)27(16-20)42-5)33(39)19(2)29-22-8-6-7-9-23(22)32(38)36-35-29/h6-11,14-16,19H,12-13,17H2,1-5H3,(H,36,38). The van der Waals surface area contributed by atoms with Crippen molar-refractivity contribution in [2.75, 3.05) is 34.5 Å². The molecule has 0 saturated carbocycles. The summed E-state index contributed by atoms with van der Waals surface area (Å²) in [6, 6.07) is 16.8. The Kier molecular flexibility index (Phi) is 7.35. The van der Waals surface area contributed by atoms with Crippen molar-refractivity contribution in [3.8, 4) is 34.3 Å². The molecule has 2 aromatic heterocycles. The topological polar surface area (TPSA) is 116 Å². The summed E-state index contributed by atoms with van der Waals surface area (Å²) < 4.78 is 23.1. The number of fused-ring (bicyclic) bond motifs is 3. The van der Waals surface area contributed by atoms with Crippen molar-refractivity contribution in [2.45, 2.75) is 26.3 Å². The minimum absolute atomic E-state index is 0.123. The molecule has 6 rings (SSSR count). The molecule has 0 fully saturated rings. The third-order valence-corrected chi connectivity index (χ3v) is 7.96. The number of nitrogens with one attached hydrogen (secondary N) is 1. The van der Waals surface area contributed by atoms with Gasteiger partial charge in [-0.1, -0.05) is 18.2 Å². The van der Waals surface area contributed by atoms with Crippen molar-refractivity contribution >= 4 is 27.6 Å². The molecule has 10 heteroatoms. The fourth-order valence-corrected chi connectivity index (χ4v) is 5.79. The third-order valence-electron chi connectivity index (χ3n) is 7.96. The number of hydrogen-bond acceptors (Lipinski definition) is 8. The maximum Gasteiger partial charge on any atom is 0.272 e. The lowest BCUT2D eigenvalue weighted by Gasteiger charge is -2.24. The van der Waals surface area contributed by atoms with E-state index >= 15 is 0 Å². The van der Waals surface area contributed by atoms with Crippen LogP contribution in [0.4, 0.5) is 0 Å². The lowest BCUT2D eigenvalue weighted by atomic mass is 9.99. The SMILES string of the molecule is COc1cc(-c2cc(C)c3c(OC)ccc(OC)c3n2)cc2c1OCCN(C(=O)C(C)c1n[nH]c(=O)c3ccccc13)C2. The van der Waals surface area contributed by atoms with Crippen LogP contribution >= 0.6 is 0 Å². The predicted molar refractivity (Wildman–Crippen MR) is 163 cm³/mol. The molecule has 220 valence electrons. The zero-order chi connectivity index (χ0) is 30.2. The summed E-state index contributed by atoms with van der Waals surface area (Å²) in [6.07, 6.45) is 0. The molecule has 0 saturated heterocycles. The Hall–Kier alpha value is -5.12. The largest absolute Gasteiger partial charge is 0.496 e. The fraction of sp³-hybridized carbons (Fsp3) is 0.273. The van der Waals surface area contributed by atoms with Crippen LogP contribution in [0.3, 0.4) is 0 Å². The molecule has 0 bridgehead atoms. The average molecular weight is 581 g/mol. The monoisotopic (exact) mass is 580 g/mol. The molecule has 1 unspecified atom stereocenters. The van der Waals surface area contributed by atoms with Crippen molar-refractivity contribution in [3.63, 3.8) is 0 Å². The van der Waals surface area contributed by atoms with Gasteiger partial charge in [-0.05, 0) is 55.8 Å². The molecule has 5 aromatic rings. The summed E-state index contributed by atoms with van der Waals surface area (Å²) in [5.74, 6) is 1.79. The molecule has 43 heavy (non-hydrogen) atoms. The van der Waals surface area contributed by atoms with Gasteiger partial charge in [-0.15, -0.1) is 0 Å². The van der Waals surface area contributed by atoms with Crippen molar-refractivity contribution in [2.24, 2.45) is 0 Å². The zero-order valence-corrected chi connectivity index (χ0v) is 24.7. The van der Waals surface area contributed by atoms with E-state index < -0.39 is 5.92 Å². The number of rotatable bonds is 6. The van der Waals surface area contributed by atoms with E-state index in [1.165, 1.54) is 0 Å². The van der Waals surface area contributed by atoms with Crippen LogP contribution < -0.4 is 24.5 Å². The zero-order valence-electron chi connectivity index (χ0n) is 24.7. The highest BCUT2D eigenvalue weighted by atomic mass is 16.5. The van der Waals surface area contributed by atoms with E-state index in [1.54, 1.807) is 38.4 Å². The number of H-pyrrole nitrogens is 1. The van der Waals surface area contributed by atoms with Gasteiger partial charge in [-0.3, -0.25) is 9.59 Å². The quantitative estimate of drug-likeness (QED) is 0.299. The Morgan fingerprint density at radius 2 is 1.70 bits per heavy atom. The second kappa shape index (κ2) is 11.3. The van der Waals surface area contributed by atoms with Crippen molar-refractivity contribution < 1.29 is 23.7 Å². The van der Waals surface area contributed by atoms with Gasteiger partial charge in [-0.2, -0.15) is 5.10 Å². The van der Waals surface area contributed by atoms with Gasteiger partial charge in [0.1, 0.15) is 23.6 Å². The highest BCUT2D eigenvalue weighted by Gasteiger charge is 2.29. The molecule has 1 atom stereocenters. The van der Waals surface area contributed by atoms with Gasteiger partial charge in [0, 0.05) is 28.4 Å². The van der Waals surface area contributed by atoms with Crippen LogP contribution in [0.15, 0.2) is 59.4 Å². The van der Waals surface area contributed by atoms with Crippen molar-refractivity contribution in [1.29, 1.82) is 0 Å². The number of aromatic amines is 1. The van der Waals surface area contributed by atoms with Gasteiger partial charge >= 0.3 is 0 Å². The summed E-state index contributed by atoms with van der Waals surface area (Å²) in [5, 5.41) is 8.85. The van der Waals surface area contributed by atoms with Gasteiger partial charge in [0.25, 0.3) is 5.56 Å². The van der Waals surface area contributed by atoms with Crippen LogP contribution in [0.5, 0.6) is 23.0 Å². The number of ether oxygens (including phenoxy) is 4. The first kappa shape index (κ1) is 28.0. The number of carbonyl (C=O) groups excluding carboxylic acids is 1. The number of nitrogens with zero attached hydrogens (tertiary/aromatic N) is 3. The molecule has 1 aliphatic heterocycles. The van der Waals surface area contributed by atoms with Gasteiger partial charge in [0.2, 0.25) is 5.91 Å². The number of hydrogen-bond donors (Lipinski definition) is 1. The van der Waals surface area contributed by atoms with E-state index in [2.05, 4.69) is 10.2 Å². The van der Waals surface area contributed by atoms with Crippen LogP contribution in [0.25, 0.3) is 32.9 Å². The molecule has 1 aliphatic rings. The molecule has 0 spiro atoms. The summed E-state index contributed by atoms with van der Waals surface area (Å²) >= 11 is 0. The highest BCUT2D eigenvalue weighted by molar-refractivity contribution is 5.95. The van der Waals surface area contributed by atoms with Gasteiger partial charge in [0.05, 0.1) is 50.6 Å². The number of methoxy groups -OCH3 is 3. The Balaban J connectivity index is 1.40. The van der Waals surface area contributed by atoms with Gasteiger partial charge in [-0.25, -0.2) is 10.1 Å². The molecule has 0 aliphatic carbocycles. The number of aryl methyl sites for hydroxylation is 1. The second-order valence-corrected chi connectivity index (χ2v) is 10.5. The fourth-order valence-electron chi connectivity index (χ4n) is 5.79. The molecule has 3 heterocycles. The predicted octanol–water partition coefficient (Wildman–Crippen LogP) is 5.00. The molecule has 0 radical (unpaired) electrons. The van der Waals surface area contributed by atoms with E-state index in [0.717, 1.165) is 27.8 Å². The van der Waals surface area contributed by atoms with E-state index in [-0.39, 0.29) is 11.5 Å². The second-order valence-electron chi connectivity index (χ2n) is 10.5. The molecule has 3 aromatic carbocycles. The minimum Gasteiger partial charge on any atom is -0.496 e. The molecule has 1 N–H and O–H groups in total. The molecule has 1 amide bonds. The number of amides is 1. The number of aromatic nitrogens is 3. The maximum absolute atomic E-state index is 13.9. The Morgan fingerprint density at radius 3 is 2.44 bits per heavy atom. The van der Waals surface area contributed by atoms with E-state index in [0.29, 0.717) is 64.7 Å². The normalized spacial score (nSPS) is 13.7. The van der Waals surface area contributed by atoms with E-state index in [4.69, 9.17) is 23.9 Å². The first-order valence-corrected chi connectivity index (χ1v) is 14.0. The Bertz CT molecular complexity index is 1940. The van der Waals surface area contributed by atoms with E-state index in [9.17, 15) is 9.59 Å². The average Bonchev–Trinajstić information content (AvgIpc) is 3.26. The Morgan fingerprint density at radius 1 is 0.977 bits per heavy atom. The van der Waals surface area contributed by atoms with Crippen LogP contribution in [-0.4, -0.2) is 60.5 Å². The van der Waals surface area contributed by atoms with Crippen LogP contribution in [0.1, 0.15) is 29.7 Å². The van der Waals surface area contributed by atoms with Crippen molar-refractivity contribution in [3.05, 3.63) is 81.8 Å².